The molecule has 0 bridgehead atoms. The first kappa shape index (κ1) is 11.9. The molecule has 0 spiro atoms. The highest BCUT2D eigenvalue weighted by Crippen LogP contribution is 2.08. The predicted octanol–water partition coefficient (Wildman–Crippen LogP) is 2.18. The lowest BCUT2D eigenvalue weighted by molar-refractivity contribution is -0.125. The summed E-state index contributed by atoms with van der Waals surface area (Å²) < 4.78 is 0. The highest BCUT2D eigenvalue weighted by atomic mass is 79.9. The molecule has 1 N–H and O–H groups in total. The molecule has 0 aliphatic heterocycles. The minimum absolute atomic E-state index is 0.125. The number of halogens is 1. The zero-order valence-corrected chi connectivity index (χ0v) is 9.65. The standard InChI is InChI=1S/C9H18BrNO/c1-7(2)8(3)9(12)11-6-4-5-10/h7-8H,4-6H2,1-3H3,(H,11,12). The Morgan fingerprint density at radius 3 is 2.42 bits per heavy atom. The summed E-state index contributed by atoms with van der Waals surface area (Å²) in [5, 5.41) is 3.84. The molecule has 0 fully saturated rings. The van der Waals surface area contributed by atoms with Gasteiger partial charge in [0.1, 0.15) is 0 Å². The first-order chi connectivity index (χ1) is 5.59. The Balaban J connectivity index is 3.57. The van der Waals surface area contributed by atoms with Crippen molar-refractivity contribution < 1.29 is 4.79 Å². The first-order valence-corrected chi connectivity index (χ1v) is 5.55. The van der Waals surface area contributed by atoms with Crippen molar-refractivity contribution in [1.29, 1.82) is 0 Å². The molecule has 0 aliphatic rings. The largest absolute Gasteiger partial charge is 0.356 e. The Kier molecular flexibility index (Phi) is 6.44. The molecule has 0 aliphatic carbocycles. The fourth-order valence-electron chi connectivity index (χ4n) is 0.742. The van der Waals surface area contributed by atoms with Gasteiger partial charge < -0.3 is 5.32 Å². The van der Waals surface area contributed by atoms with Gasteiger partial charge in [-0.2, -0.15) is 0 Å². The summed E-state index contributed by atoms with van der Waals surface area (Å²) in [6.07, 6.45) is 0.997. The summed E-state index contributed by atoms with van der Waals surface area (Å²) >= 11 is 3.31. The first-order valence-electron chi connectivity index (χ1n) is 4.43. The van der Waals surface area contributed by atoms with Gasteiger partial charge >= 0.3 is 0 Å². The van der Waals surface area contributed by atoms with E-state index < -0.39 is 0 Å². The van der Waals surface area contributed by atoms with E-state index in [1.54, 1.807) is 0 Å². The molecule has 72 valence electrons. The van der Waals surface area contributed by atoms with Crippen LogP contribution in [0.4, 0.5) is 0 Å². The zero-order valence-electron chi connectivity index (χ0n) is 8.06. The average Bonchev–Trinajstić information content (AvgIpc) is 2.03. The van der Waals surface area contributed by atoms with Crippen LogP contribution in [0.15, 0.2) is 0 Å². The Bertz CT molecular complexity index is 136. The number of carbonyl (C=O) groups is 1. The lowest BCUT2D eigenvalue weighted by Crippen LogP contribution is -2.32. The second-order valence-electron chi connectivity index (χ2n) is 3.37. The number of rotatable bonds is 5. The van der Waals surface area contributed by atoms with Gasteiger partial charge in [-0.15, -0.1) is 0 Å². The van der Waals surface area contributed by atoms with Gasteiger partial charge in [-0.1, -0.05) is 36.7 Å². The molecule has 1 atom stereocenters. The van der Waals surface area contributed by atoms with Crippen molar-refractivity contribution in [2.24, 2.45) is 11.8 Å². The maximum atomic E-state index is 11.3. The van der Waals surface area contributed by atoms with E-state index >= 15 is 0 Å². The minimum atomic E-state index is 0.125. The maximum Gasteiger partial charge on any atom is 0.223 e. The Morgan fingerprint density at radius 2 is 2.00 bits per heavy atom. The average molecular weight is 236 g/mol. The van der Waals surface area contributed by atoms with Crippen molar-refractivity contribution in [3.63, 3.8) is 0 Å². The van der Waals surface area contributed by atoms with E-state index in [0.29, 0.717) is 5.92 Å². The van der Waals surface area contributed by atoms with Crippen LogP contribution in [0.3, 0.4) is 0 Å². The maximum absolute atomic E-state index is 11.3. The molecule has 0 heterocycles. The quantitative estimate of drug-likeness (QED) is 0.575. The number of alkyl halides is 1. The summed E-state index contributed by atoms with van der Waals surface area (Å²) in [6, 6.07) is 0. The van der Waals surface area contributed by atoms with Crippen LogP contribution < -0.4 is 5.32 Å². The highest BCUT2D eigenvalue weighted by Gasteiger charge is 2.15. The summed E-state index contributed by atoms with van der Waals surface area (Å²) in [4.78, 5) is 11.3. The zero-order chi connectivity index (χ0) is 9.56. The molecule has 0 aromatic heterocycles. The van der Waals surface area contributed by atoms with Crippen LogP contribution in [0.5, 0.6) is 0 Å². The molecule has 0 saturated heterocycles. The van der Waals surface area contributed by atoms with Crippen molar-refractivity contribution in [1.82, 2.24) is 5.32 Å². The Morgan fingerprint density at radius 1 is 1.42 bits per heavy atom. The molecule has 1 amide bonds. The molecule has 0 radical (unpaired) electrons. The molecule has 0 rings (SSSR count). The monoisotopic (exact) mass is 235 g/mol. The molecule has 0 saturated carbocycles. The van der Waals surface area contributed by atoms with Gasteiger partial charge in [0.2, 0.25) is 5.91 Å². The van der Waals surface area contributed by atoms with Crippen molar-refractivity contribution in [3.05, 3.63) is 0 Å². The van der Waals surface area contributed by atoms with Gasteiger partial charge in [-0.25, -0.2) is 0 Å². The lowest BCUT2D eigenvalue weighted by atomic mass is 9.97. The Hall–Kier alpha value is -0.0500. The van der Waals surface area contributed by atoms with E-state index in [4.69, 9.17) is 0 Å². The van der Waals surface area contributed by atoms with Gasteiger partial charge in [-0.05, 0) is 12.3 Å². The van der Waals surface area contributed by atoms with E-state index in [9.17, 15) is 4.79 Å². The number of amides is 1. The van der Waals surface area contributed by atoms with E-state index in [1.165, 1.54) is 0 Å². The fraction of sp³-hybridized carbons (Fsp3) is 0.889. The van der Waals surface area contributed by atoms with Crippen molar-refractivity contribution in [2.75, 3.05) is 11.9 Å². The topological polar surface area (TPSA) is 29.1 Å². The summed E-state index contributed by atoms with van der Waals surface area (Å²) in [7, 11) is 0. The van der Waals surface area contributed by atoms with Gasteiger partial charge in [0.15, 0.2) is 0 Å². The van der Waals surface area contributed by atoms with Crippen LogP contribution in [0.2, 0.25) is 0 Å². The van der Waals surface area contributed by atoms with E-state index in [-0.39, 0.29) is 11.8 Å². The second-order valence-corrected chi connectivity index (χ2v) is 4.16. The summed E-state index contributed by atoms with van der Waals surface area (Å²) in [6.45, 7) is 6.87. The molecule has 1 unspecified atom stereocenters. The summed E-state index contributed by atoms with van der Waals surface area (Å²) in [5.74, 6) is 0.722. The minimum Gasteiger partial charge on any atom is -0.356 e. The normalized spacial score (nSPS) is 13.1. The smallest absolute Gasteiger partial charge is 0.223 e. The van der Waals surface area contributed by atoms with Crippen LogP contribution in [-0.2, 0) is 4.79 Å². The molecule has 0 aromatic carbocycles. The molecular weight excluding hydrogens is 218 g/mol. The van der Waals surface area contributed by atoms with Gasteiger partial charge in [0.05, 0.1) is 0 Å². The van der Waals surface area contributed by atoms with Crippen LogP contribution in [0.1, 0.15) is 27.2 Å². The van der Waals surface area contributed by atoms with E-state index in [0.717, 1.165) is 18.3 Å². The second kappa shape index (κ2) is 6.46. The molecule has 12 heavy (non-hydrogen) atoms. The Labute approximate surface area is 83.2 Å². The molecule has 0 aromatic rings. The van der Waals surface area contributed by atoms with E-state index in [1.807, 2.05) is 6.92 Å². The summed E-state index contributed by atoms with van der Waals surface area (Å²) in [5.41, 5.74) is 0. The highest BCUT2D eigenvalue weighted by molar-refractivity contribution is 9.09. The van der Waals surface area contributed by atoms with Gasteiger partial charge in [0, 0.05) is 17.8 Å². The SMILES string of the molecule is CC(C)C(C)C(=O)NCCCBr. The third kappa shape index (κ3) is 4.75. The third-order valence-electron chi connectivity index (χ3n) is 2.02. The van der Waals surface area contributed by atoms with Crippen molar-refractivity contribution in [3.8, 4) is 0 Å². The molecule has 3 heteroatoms. The predicted molar refractivity (Wildman–Crippen MR) is 55.4 cm³/mol. The van der Waals surface area contributed by atoms with Crippen molar-refractivity contribution >= 4 is 21.8 Å². The van der Waals surface area contributed by atoms with Crippen LogP contribution in [0.25, 0.3) is 0 Å². The number of nitrogens with one attached hydrogen (secondary N) is 1. The fourth-order valence-corrected chi connectivity index (χ4v) is 1.02. The van der Waals surface area contributed by atoms with Gasteiger partial charge in [0.25, 0.3) is 0 Å². The van der Waals surface area contributed by atoms with Gasteiger partial charge in [-0.3, -0.25) is 4.79 Å². The van der Waals surface area contributed by atoms with Crippen LogP contribution >= 0.6 is 15.9 Å². The van der Waals surface area contributed by atoms with Crippen LogP contribution in [-0.4, -0.2) is 17.8 Å². The number of hydrogen-bond donors (Lipinski definition) is 1. The van der Waals surface area contributed by atoms with E-state index in [2.05, 4.69) is 35.1 Å². The third-order valence-corrected chi connectivity index (χ3v) is 2.58. The van der Waals surface area contributed by atoms with Crippen LogP contribution in [0, 0.1) is 11.8 Å². The molecule has 2 nitrogen and oxygen atoms in total. The lowest BCUT2D eigenvalue weighted by Gasteiger charge is -2.14. The van der Waals surface area contributed by atoms with Crippen molar-refractivity contribution in [2.45, 2.75) is 27.2 Å². The molecular formula is C9H18BrNO. The number of carbonyl (C=O) groups excluding carboxylic acids is 1. The number of hydrogen-bond acceptors (Lipinski definition) is 1.